The largest absolute Gasteiger partial charge is 0.398 e. The van der Waals surface area contributed by atoms with Crippen LogP contribution in [0.5, 0.6) is 0 Å². The van der Waals surface area contributed by atoms with E-state index in [2.05, 4.69) is 24.3 Å². The highest BCUT2D eigenvalue weighted by Gasteiger charge is 2.06. The van der Waals surface area contributed by atoms with Gasteiger partial charge in [-0.05, 0) is 35.1 Å². The summed E-state index contributed by atoms with van der Waals surface area (Å²) in [4.78, 5) is 0. The molecule has 0 bridgehead atoms. The van der Waals surface area contributed by atoms with Gasteiger partial charge in [0.25, 0.3) is 0 Å². The maximum absolute atomic E-state index is 5.93. The lowest BCUT2D eigenvalue weighted by molar-refractivity contribution is 0.872. The highest BCUT2D eigenvalue weighted by molar-refractivity contribution is 7.13. The van der Waals surface area contributed by atoms with Crippen molar-refractivity contribution in [2.45, 2.75) is 19.8 Å². The monoisotopic (exact) mass is 192 g/mol. The Morgan fingerprint density at radius 1 is 1.38 bits per heavy atom. The van der Waals surface area contributed by atoms with Crippen molar-refractivity contribution in [1.82, 2.24) is 4.37 Å². The van der Waals surface area contributed by atoms with Crippen LogP contribution in [0.3, 0.4) is 0 Å². The van der Waals surface area contributed by atoms with Gasteiger partial charge in [-0.2, -0.15) is 4.37 Å². The number of anilines is 1. The molecule has 1 heterocycles. The van der Waals surface area contributed by atoms with Crippen LogP contribution < -0.4 is 5.73 Å². The topological polar surface area (TPSA) is 38.9 Å². The average molecular weight is 192 g/mol. The Balaban J connectivity index is 2.69. The van der Waals surface area contributed by atoms with E-state index < -0.39 is 0 Å². The lowest BCUT2D eigenvalue weighted by atomic mass is 10.0. The molecular weight excluding hydrogens is 180 g/mol. The van der Waals surface area contributed by atoms with E-state index >= 15 is 0 Å². The Labute approximate surface area is 81.5 Å². The Hall–Kier alpha value is -1.09. The van der Waals surface area contributed by atoms with Crippen LogP contribution in [0, 0.1) is 0 Å². The van der Waals surface area contributed by atoms with Gasteiger partial charge in [-0.25, -0.2) is 0 Å². The molecular formula is C10H12N2S. The van der Waals surface area contributed by atoms with E-state index in [4.69, 9.17) is 5.73 Å². The van der Waals surface area contributed by atoms with Gasteiger partial charge in [0.15, 0.2) is 0 Å². The molecule has 2 N–H and O–H groups in total. The van der Waals surface area contributed by atoms with Crippen molar-refractivity contribution >= 4 is 27.3 Å². The number of nitrogens with zero attached hydrogens (tertiary/aromatic N) is 1. The third-order valence-corrected chi connectivity index (χ3v) is 2.94. The number of hydrogen-bond acceptors (Lipinski definition) is 3. The van der Waals surface area contributed by atoms with Gasteiger partial charge in [0.05, 0.1) is 4.70 Å². The second-order valence-electron chi connectivity index (χ2n) is 3.50. The van der Waals surface area contributed by atoms with E-state index in [9.17, 15) is 0 Å². The van der Waals surface area contributed by atoms with Gasteiger partial charge in [-0.3, -0.25) is 0 Å². The van der Waals surface area contributed by atoms with Crippen LogP contribution in [0.4, 0.5) is 5.69 Å². The molecule has 0 saturated carbocycles. The molecule has 0 atom stereocenters. The number of aromatic nitrogens is 1. The molecule has 3 heteroatoms. The summed E-state index contributed by atoms with van der Waals surface area (Å²) in [5, 5.41) is 1.20. The number of nitrogens with two attached hydrogens (primary N) is 1. The predicted molar refractivity (Wildman–Crippen MR) is 58.1 cm³/mol. The van der Waals surface area contributed by atoms with Gasteiger partial charge < -0.3 is 5.73 Å². The average Bonchev–Trinajstić information content (AvgIpc) is 2.48. The Bertz CT molecular complexity index is 431. The fourth-order valence-electron chi connectivity index (χ4n) is 1.45. The van der Waals surface area contributed by atoms with Gasteiger partial charge in [-0.1, -0.05) is 13.8 Å². The maximum atomic E-state index is 5.93. The molecule has 2 rings (SSSR count). The van der Waals surface area contributed by atoms with Crippen molar-refractivity contribution < 1.29 is 0 Å². The lowest BCUT2D eigenvalue weighted by Gasteiger charge is -2.08. The van der Waals surface area contributed by atoms with Gasteiger partial charge in [0.1, 0.15) is 0 Å². The van der Waals surface area contributed by atoms with Crippen LogP contribution in [-0.4, -0.2) is 4.37 Å². The molecule has 0 amide bonds. The van der Waals surface area contributed by atoms with E-state index in [-0.39, 0.29) is 0 Å². The van der Waals surface area contributed by atoms with Crippen molar-refractivity contribution in [2.24, 2.45) is 0 Å². The number of benzene rings is 1. The van der Waals surface area contributed by atoms with E-state index in [0.29, 0.717) is 5.92 Å². The van der Waals surface area contributed by atoms with Gasteiger partial charge in [-0.15, -0.1) is 0 Å². The van der Waals surface area contributed by atoms with Crippen LogP contribution in [0.15, 0.2) is 18.3 Å². The Morgan fingerprint density at radius 3 is 2.85 bits per heavy atom. The van der Waals surface area contributed by atoms with E-state index in [1.807, 2.05) is 12.3 Å². The lowest BCUT2D eigenvalue weighted by Crippen LogP contribution is -1.95. The molecule has 0 aliphatic carbocycles. The van der Waals surface area contributed by atoms with Gasteiger partial charge in [0.2, 0.25) is 0 Å². The molecule has 1 aromatic carbocycles. The molecule has 2 aromatic rings. The van der Waals surface area contributed by atoms with Crippen LogP contribution in [0.1, 0.15) is 25.3 Å². The van der Waals surface area contributed by atoms with Crippen LogP contribution >= 0.6 is 11.5 Å². The smallest absolute Gasteiger partial charge is 0.0570 e. The highest BCUT2D eigenvalue weighted by atomic mass is 32.1. The first-order valence-electron chi connectivity index (χ1n) is 4.32. The summed E-state index contributed by atoms with van der Waals surface area (Å²) in [7, 11) is 0. The summed E-state index contributed by atoms with van der Waals surface area (Å²) in [6.07, 6.45) is 1.89. The molecule has 0 unspecified atom stereocenters. The summed E-state index contributed by atoms with van der Waals surface area (Å²) in [6, 6.07) is 4.15. The minimum Gasteiger partial charge on any atom is -0.398 e. The molecule has 0 aliphatic heterocycles. The van der Waals surface area contributed by atoms with E-state index in [1.165, 1.54) is 27.2 Å². The van der Waals surface area contributed by atoms with Crippen molar-refractivity contribution in [3.05, 3.63) is 23.9 Å². The normalized spacial score (nSPS) is 11.3. The van der Waals surface area contributed by atoms with E-state index in [0.717, 1.165) is 5.69 Å². The van der Waals surface area contributed by atoms with Gasteiger partial charge >= 0.3 is 0 Å². The summed E-state index contributed by atoms with van der Waals surface area (Å²) in [6.45, 7) is 4.30. The van der Waals surface area contributed by atoms with Crippen LogP contribution in [-0.2, 0) is 0 Å². The van der Waals surface area contributed by atoms with E-state index in [1.54, 1.807) is 0 Å². The Morgan fingerprint density at radius 2 is 2.15 bits per heavy atom. The first-order valence-corrected chi connectivity index (χ1v) is 5.09. The third kappa shape index (κ3) is 1.40. The number of rotatable bonds is 1. The third-order valence-electron chi connectivity index (χ3n) is 2.18. The number of hydrogen-bond donors (Lipinski definition) is 1. The summed E-state index contributed by atoms with van der Waals surface area (Å²) >= 11 is 1.49. The zero-order valence-corrected chi connectivity index (χ0v) is 8.56. The quantitative estimate of drug-likeness (QED) is 0.705. The number of fused-ring (bicyclic) bond motifs is 1. The van der Waals surface area contributed by atoms with Crippen LogP contribution in [0.25, 0.3) is 10.1 Å². The van der Waals surface area contributed by atoms with Crippen molar-refractivity contribution in [3.63, 3.8) is 0 Å². The minimum atomic E-state index is 0.476. The van der Waals surface area contributed by atoms with Crippen molar-refractivity contribution in [2.75, 3.05) is 5.73 Å². The van der Waals surface area contributed by atoms with Crippen molar-refractivity contribution in [1.29, 1.82) is 0 Å². The molecule has 1 aromatic heterocycles. The fraction of sp³-hybridized carbons (Fsp3) is 0.300. The first kappa shape index (κ1) is 8.51. The molecule has 0 spiro atoms. The second kappa shape index (κ2) is 3.00. The van der Waals surface area contributed by atoms with Crippen molar-refractivity contribution in [3.8, 4) is 0 Å². The molecule has 0 saturated heterocycles. The number of nitrogen functional groups attached to an aromatic ring is 1. The molecule has 68 valence electrons. The predicted octanol–water partition coefficient (Wildman–Crippen LogP) is 3.00. The summed E-state index contributed by atoms with van der Waals surface area (Å²) in [5.41, 5.74) is 8.02. The summed E-state index contributed by atoms with van der Waals surface area (Å²) in [5.74, 6) is 0.476. The maximum Gasteiger partial charge on any atom is 0.0570 e. The SMILES string of the molecule is CC(C)c1cc2cnsc2cc1N. The second-order valence-corrected chi connectivity index (χ2v) is 4.33. The minimum absolute atomic E-state index is 0.476. The van der Waals surface area contributed by atoms with Gasteiger partial charge in [0, 0.05) is 17.3 Å². The Kier molecular flexibility index (Phi) is 1.96. The molecule has 0 aliphatic rings. The van der Waals surface area contributed by atoms with Crippen LogP contribution in [0.2, 0.25) is 0 Å². The first-order chi connectivity index (χ1) is 6.18. The molecule has 2 nitrogen and oxygen atoms in total. The summed E-state index contributed by atoms with van der Waals surface area (Å²) < 4.78 is 5.30. The zero-order chi connectivity index (χ0) is 9.42. The zero-order valence-electron chi connectivity index (χ0n) is 7.74. The highest BCUT2D eigenvalue weighted by Crippen LogP contribution is 2.28. The molecule has 13 heavy (non-hydrogen) atoms. The molecule has 0 fully saturated rings. The fourth-order valence-corrected chi connectivity index (χ4v) is 2.13. The molecule has 0 radical (unpaired) electrons. The standard InChI is InChI=1S/C10H12N2S/c1-6(2)8-3-7-5-12-13-10(7)4-9(8)11/h3-6H,11H2,1-2H3.